The van der Waals surface area contributed by atoms with E-state index in [1.807, 2.05) is 11.8 Å². The summed E-state index contributed by atoms with van der Waals surface area (Å²) in [6.07, 6.45) is 3.54. The minimum absolute atomic E-state index is 0.0529. The number of hydrogen-bond donors (Lipinski definition) is 1. The van der Waals surface area contributed by atoms with Crippen molar-refractivity contribution in [3.8, 4) is 11.6 Å². The molecule has 5 heterocycles. The van der Waals surface area contributed by atoms with Crippen LogP contribution in [0, 0.1) is 0 Å². The fourth-order valence-electron chi connectivity index (χ4n) is 4.53. The molecule has 35 heavy (non-hydrogen) atoms. The van der Waals surface area contributed by atoms with Crippen LogP contribution in [0.4, 0.5) is 11.9 Å². The highest BCUT2D eigenvalue weighted by Gasteiger charge is 2.38. The number of rotatable bonds is 6. The van der Waals surface area contributed by atoms with Crippen LogP contribution in [0.25, 0.3) is 17.4 Å². The highest BCUT2D eigenvalue weighted by molar-refractivity contribution is 7.89. The van der Waals surface area contributed by atoms with Crippen LogP contribution < -0.4 is 10.6 Å². The topological polar surface area (TPSA) is 156 Å². The summed E-state index contributed by atoms with van der Waals surface area (Å²) >= 11 is 0. The number of sulfonamides is 1. The number of anilines is 2. The molecular weight excluding hydrogens is 474 g/mol. The maximum absolute atomic E-state index is 13.4. The molecule has 2 aliphatic heterocycles. The number of aromatic nitrogens is 5. The molecule has 188 valence electrons. The van der Waals surface area contributed by atoms with Crippen LogP contribution in [0.5, 0.6) is 0 Å². The number of nitrogen functional groups attached to an aromatic ring is 1. The number of nitrogens with zero attached hydrogens (tertiary/aromatic N) is 8. The average molecular weight is 504 g/mol. The zero-order chi connectivity index (χ0) is 24.7. The summed E-state index contributed by atoms with van der Waals surface area (Å²) in [5.41, 5.74) is 6.14. The molecule has 2 atom stereocenters. The summed E-state index contributed by atoms with van der Waals surface area (Å²) < 4.78 is 33.5. The Morgan fingerprint density at radius 2 is 1.97 bits per heavy atom. The highest BCUT2D eigenvalue weighted by Crippen LogP contribution is 2.26. The molecule has 13 nitrogen and oxygen atoms in total. The van der Waals surface area contributed by atoms with E-state index in [9.17, 15) is 13.2 Å². The Kier molecular flexibility index (Phi) is 6.09. The van der Waals surface area contributed by atoms with Gasteiger partial charge < -0.3 is 20.0 Å². The molecular formula is C21H29N9O4S. The first kappa shape index (κ1) is 23.5. The number of piperazine rings is 1. The Hall–Kier alpha value is -3.26. The lowest BCUT2D eigenvalue weighted by molar-refractivity contribution is -0.133. The lowest BCUT2D eigenvalue weighted by Gasteiger charge is -2.37. The highest BCUT2D eigenvalue weighted by atomic mass is 32.2. The van der Waals surface area contributed by atoms with E-state index >= 15 is 0 Å². The van der Waals surface area contributed by atoms with Gasteiger partial charge in [0.05, 0.1) is 11.5 Å². The SMILES string of the molecule is CCC(C)S(=O)(=O)N1CCN(C(=O)[C@@H]2CCCN2c2nc(N)n3nc(-c4ccco4)nc3n2)CC1. The zero-order valence-electron chi connectivity index (χ0n) is 19.7. The van der Waals surface area contributed by atoms with Gasteiger partial charge in [0.25, 0.3) is 5.78 Å². The number of nitrogens with two attached hydrogens (primary N) is 1. The van der Waals surface area contributed by atoms with Crippen LogP contribution in [-0.4, -0.2) is 92.1 Å². The van der Waals surface area contributed by atoms with E-state index in [1.165, 1.54) is 15.1 Å². The number of amides is 1. The monoisotopic (exact) mass is 503 g/mol. The largest absolute Gasteiger partial charge is 0.461 e. The Morgan fingerprint density at radius 1 is 1.20 bits per heavy atom. The lowest BCUT2D eigenvalue weighted by atomic mass is 10.2. The van der Waals surface area contributed by atoms with Gasteiger partial charge in [0.15, 0.2) is 5.76 Å². The van der Waals surface area contributed by atoms with E-state index in [4.69, 9.17) is 10.2 Å². The molecule has 3 aromatic rings. The van der Waals surface area contributed by atoms with Gasteiger partial charge in [-0.15, -0.1) is 5.10 Å². The Labute approximate surface area is 203 Å². The smallest absolute Gasteiger partial charge is 0.259 e. The first-order valence-electron chi connectivity index (χ1n) is 11.8. The molecule has 14 heteroatoms. The van der Waals surface area contributed by atoms with E-state index in [1.54, 1.807) is 24.0 Å². The van der Waals surface area contributed by atoms with Gasteiger partial charge >= 0.3 is 0 Å². The number of hydrogen-bond acceptors (Lipinski definition) is 10. The average Bonchev–Trinajstić information content (AvgIpc) is 3.63. The standard InChI is InChI=1S/C21H29N9O4S/c1-3-14(2)35(32,33)28-11-9-27(10-12-28)18(31)15-6-4-8-29(15)20-24-19(22)30-21(25-20)23-17(26-30)16-7-5-13-34-16/h5,7,13-15H,3-4,6,8-12H2,1-2H3,(H2,22,23,24,25,26)/t14?,15-/m0/s1. The quantitative estimate of drug-likeness (QED) is 0.505. The van der Waals surface area contributed by atoms with E-state index in [2.05, 4.69) is 20.1 Å². The Balaban J connectivity index is 1.33. The fraction of sp³-hybridized carbons (Fsp3) is 0.571. The fourth-order valence-corrected chi connectivity index (χ4v) is 6.14. The van der Waals surface area contributed by atoms with Crippen LogP contribution in [0.15, 0.2) is 22.8 Å². The van der Waals surface area contributed by atoms with Gasteiger partial charge in [-0.25, -0.2) is 8.42 Å². The minimum Gasteiger partial charge on any atom is -0.461 e. The molecule has 0 bridgehead atoms. The van der Waals surface area contributed by atoms with Gasteiger partial charge in [0, 0.05) is 32.7 Å². The summed E-state index contributed by atoms with van der Waals surface area (Å²) in [5, 5.41) is 3.88. The van der Waals surface area contributed by atoms with E-state index in [0.29, 0.717) is 63.1 Å². The number of furan rings is 1. The van der Waals surface area contributed by atoms with Crippen LogP contribution in [0.2, 0.25) is 0 Å². The zero-order valence-corrected chi connectivity index (χ0v) is 20.6. The summed E-state index contributed by atoms with van der Waals surface area (Å²) in [7, 11) is -3.34. The molecule has 3 aromatic heterocycles. The van der Waals surface area contributed by atoms with Crippen molar-refractivity contribution in [3.05, 3.63) is 18.4 Å². The summed E-state index contributed by atoms with van der Waals surface area (Å²) in [6, 6.07) is 3.03. The van der Waals surface area contributed by atoms with Gasteiger partial charge in [0.2, 0.25) is 33.7 Å². The van der Waals surface area contributed by atoms with Crippen LogP contribution in [0.1, 0.15) is 33.1 Å². The molecule has 0 aliphatic carbocycles. The Morgan fingerprint density at radius 3 is 2.66 bits per heavy atom. The maximum Gasteiger partial charge on any atom is 0.259 e. The number of carbonyl (C=O) groups is 1. The summed E-state index contributed by atoms with van der Waals surface area (Å²) in [4.78, 5) is 30.3. The molecule has 2 aliphatic rings. The molecule has 2 fully saturated rings. The second kappa shape index (κ2) is 9.07. The predicted octanol–water partition coefficient (Wildman–Crippen LogP) is 0.603. The molecule has 0 spiro atoms. The van der Waals surface area contributed by atoms with Crippen LogP contribution in [-0.2, 0) is 14.8 Å². The first-order chi connectivity index (χ1) is 16.8. The van der Waals surface area contributed by atoms with Crippen molar-refractivity contribution < 1.29 is 17.6 Å². The van der Waals surface area contributed by atoms with Crippen LogP contribution >= 0.6 is 0 Å². The van der Waals surface area contributed by atoms with Crippen molar-refractivity contribution in [2.75, 3.05) is 43.4 Å². The number of carbonyl (C=O) groups excluding carboxylic acids is 1. The third kappa shape index (κ3) is 4.20. The molecule has 0 radical (unpaired) electrons. The van der Waals surface area contributed by atoms with Crippen molar-refractivity contribution in [2.24, 2.45) is 0 Å². The van der Waals surface area contributed by atoms with Crippen molar-refractivity contribution >= 4 is 33.6 Å². The normalized spacial score (nSPS) is 20.6. The van der Waals surface area contributed by atoms with Gasteiger partial charge in [-0.05, 0) is 38.3 Å². The summed E-state index contributed by atoms with van der Waals surface area (Å²) in [5.74, 6) is 1.47. The van der Waals surface area contributed by atoms with Gasteiger partial charge in [-0.2, -0.15) is 23.8 Å². The first-order valence-corrected chi connectivity index (χ1v) is 13.3. The van der Waals surface area contributed by atoms with E-state index in [-0.39, 0.29) is 17.6 Å². The second-order valence-electron chi connectivity index (χ2n) is 8.85. The van der Waals surface area contributed by atoms with E-state index < -0.39 is 21.3 Å². The lowest BCUT2D eigenvalue weighted by Crippen LogP contribution is -2.55. The molecule has 1 unspecified atom stereocenters. The van der Waals surface area contributed by atoms with Gasteiger partial charge in [-0.3, -0.25) is 4.79 Å². The third-order valence-corrected chi connectivity index (χ3v) is 9.19. The van der Waals surface area contributed by atoms with Crippen molar-refractivity contribution in [3.63, 3.8) is 0 Å². The molecule has 2 saturated heterocycles. The minimum atomic E-state index is -3.34. The maximum atomic E-state index is 13.4. The molecule has 2 N–H and O–H groups in total. The molecule has 0 aromatic carbocycles. The third-order valence-electron chi connectivity index (χ3n) is 6.75. The molecule has 0 saturated carbocycles. The van der Waals surface area contributed by atoms with Crippen LogP contribution in [0.3, 0.4) is 0 Å². The van der Waals surface area contributed by atoms with Crippen molar-refractivity contribution in [1.29, 1.82) is 0 Å². The predicted molar refractivity (Wildman–Crippen MR) is 128 cm³/mol. The van der Waals surface area contributed by atoms with Crippen molar-refractivity contribution in [2.45, 2.75) is 44.4 Å². The van der Waals surface area contributed by atoms with Gasteiger partial charge in [-0.1, -0.05) is 6.92 Å². The second-order valence-corrected chi connectivity index (χ2v) is 11.2. The van der Waals surface area contributed by atoms with E-state index in [0.717, 1.165) is 6.42 Å². The molecule has 5 rings (SSSR count). The summed E-state index contributed by atoms with van der Waals surface area (Å²) in [6.45, 7) is 5.51. The van der Waals surface area contributed by atoms with Crippen molar-refractivity contribution in [1.82, 2.24) is 33.8 Å². The Bertz CT molecular complexity index is 1320. The molecule has 1 amide bonds. The van der Waals surface area contributed by atoms with Gasteiger partial charge in [0.1, 0.15) is 6.04 Å². The number of fused-ring (bicyclic) bond motifs is 1.